The fraction of sp³-hybridized carbons (Fsp3) is 0.538. The monoisotopic (exact) mass is 189 g/mol. The van der Waals surface area contributed by atoms with E-state index in [2.05, 4.69) is 25.1 Å². The van der Waals surface area contributed by atoms with Crippen molar-refractivity contribution in [3.05, 3.63) is 29.3 Å². The van der Waals surface area contributed by atoms with Crippen LogP contribution in [0.5, 0.6) is 0 Å². The van der Waals surface area contributed by atoms with Crippen LogP contribution >= 0.6 is 0 Å². The molecule has 1 saturated carbocycles. The average Bonchev–Trinajstić information content (AvgIpc) is 2.23. The molecule has 0 unspecified atom stereocenters. The summed E-state index contributed by atoms with van der Waals surface area (Å²) in [6.07, 6.45) is 6.81. The number of nitrogens with two attached hydrogens (primary N) is 1. The maximum absolute atomic E-state index is 6.02. The minimum absolute atomic E-state index is 0.726. The molecule has 1 heteroatoms. The molecule has 1 nitrogen and oxygen atoms in total. The smallest absolute Gasteiger partial charge is 0.0349 e. The van der Waals surface area contributed by atoms with E-state index in [1.54, 1.807) is 0 Å². The van der Waals surface area contributed by atoms with Crippen molar-refractivity contribution < 1.29 is 0 Å². The van der Waals surface area contributed by atoms with E-state index in [4.69, 9.17) is 5.73 Å². The lowest BCUT2D eigenvalue weighted by atomic mass is 9.83. The molecule has 0 aromatic heterocycles. The van der Waals surface area contributed by atoms with Gasteiger partial charge in [0.05, 0.1) is 0 Å². The molecule has 1 fully saturated rings. The van der Waals surface area contributed by atoms with Gasteiger partial charge < -0.3 is 5.73 Å². The quantitative estimate of drug-likeness (QED) is 0.671. The van der Waals surface area contributed by atoms with E-state index >= 15 is 0 Å². The number of aryl methyl sites for hydroxylation is 1. The third-order valence-electron chi connectivity index (χ3n) is 3.29. The highest BCUT2D eigenvalue weighted by Gasteiger charge is 2.17. The molecule has 1 aromatic carbocycles. The van der Waals surface area contributed by atoms with E-state index in [9.17, 15) is 0 Å². The molecule has 1 aromatic rings. The Balaban J connectivity index is 2.24. The zero-order valence-corrected chi connectivity index (χ0v) is 8.92. The van der Waals surface area contributed by atoms with Crippen LogP contribution in [0.25, 0.3) is 0 Å². The highest BCUT2D eigenvalue weighted by atomic mass is 14.6. The summed E-state index contributed by atoms with van der Waals surface area (Å²) < 4.78 is 0. The van der Waals surface area contributed by atoms with Crippen molar-refractivity contribution in [3.63, 3.8) is 0 Å². The SMILES string of the molecule is Cc1ccc(N)c(C2CCCCC2)c1. The second-order valence-electron chi connectivity index (χ2n) is 4.47. The van der Waals surface area contributed by atoms with E-state index in [1.807, 2.05) is 0 Å². The van der Waals surface area contributed by atoms with Gasteiger partial charge in [-0.3, -0.25) is 0 Å². The number of hydrogen-bond acceptors (Lipinski definition) is 1. The van der Waals surface area contributed by atoms with Crippen molar-refractivity contribution in [3.8, 4) is 0 Å². The Labute approximate surface area is 86.3 Å². The molecular weight excluding hydrogens is 170 g/mol. The highest BCUT2D eigenvalue weighted by molar-refractivity contribution is 5.50. The zero-order valence-electron chi connectivity index (χ0n) is 8.92. The molecule has 2 rings (SSSR count). The summed E-state index contributed by atoms with van der Waals surface area (Å²) in [5.41, 5.74) is 9.74. The van der Waals surface area contributed by atoms with Crippen molar-refractivity contribution >= 4 is 5.69 Å². The summed E-state index contributed by atoms with van der Waals surface area (Å²) in [5.74, 6) is 0.726. The third kappa shape index (κ3) is 1.92. The summed E-state index contributed by atoms with van der Waals surface area (Å²) in [6.45, 7) is 2.14. The molecule has 2 N–H and O–H groups in total. The maximum Gasteiger partial charge on any atom is 0.0349 e. The van der Waals surface area contributed by atoms with Crippen LogP contribution in [-0.4, -0.2) is 0 Å². The average molecular weight is 189 g/mol. The van der Waals surface area contributed by atoms with Gasteiger partial charge in [-0.25, -0.2) is 0 Å². The summed E-state index contributed by atoms with van der Waals surface area (Å²) in [4.78, 5) is 0. The zero-order chi connectivity index (χ0) is 9.97. The van der Waals surface area contributed by atoms with Crippen molar-refractivity contribution in [2.75, 3.05) is 5.73 Å². The van der Waals surface area contributed by atoms with Gasteiger partial charge in [-0.2, -0.15) is 0 Å². The van der Waals surface area contributed by atoms with E-state index in [0.29, 0.717) is 0 Å². The number of benzene rings is 1. The molecule has 0 bridgehead atoms. The van der Waals surface area contributed by atoms with Crippen LogP contribution in [0, 0.1) is 6.92 Å². The Morgan fingerprint density at radius 1 is 1.14 bits per heavy atom. The number of rotatable bonds is 1. The molecular formula is C13H19N. The first kappa shape index (κ1) is 9.57. The first-order valence-electron chi connectivity index (χ1n) is 5.63. The minimum atomic E-state index is 0.726. The molecule has 0 spiro atoms. The molecule has 0 aliphatic heterocycles. The maximum atomic E-state index is 6.02. The van der Waals surface area contributed by atoms with Crippen LogP contribution in [0.15, 0.2) is 18.2 Å². The number of hydrogen-bond donors (Lipinski definition) is 1. The standard InChI is InChI=1S/C13H19N/c1-10-7-8-13(14)12(9-10)11-5-3-2-4-6-11/h7-9,11H,2-6,14H2,1H3. The van der Waals surface area contributed by atoms with Crippen LogP contribution in [0.1, 0.15) is 49.1 Å². The summed E-state index contributed by atoms with van der Waals surface area (Å²) in [5, 5.41) is 0. The Morgan fingerprint density at radius 2 is 1.86 bits per heavy atom. The molecule has 76 valence electrons. The lowest BCUT2D eigenvalue weighted by molar-refractivity contribution is 0.444. The van der Waals surface area contributed by atoms with Crippen molar-refractivity contribution in [2.45, 2.75) is 44.9 Å². The molecule has 1 aliphatic rings. The van der Waals surface area contributed by atoms with E-state index in [0.717, 1.165) is 11.6 Å². The normalized spacial score (nSPS) is 18.4. The van der Waals surface area contributed by atoms with Crippen LogP contribution in [0.2, 0.25) is 0 Å². The lowest BCUT2D eigenvalue weighted by Gasteiger charge is -2.23. The van der Waals surface area contributed by atoms with Crippen molar-refractivity contribution in [1.29, 1.82) is 0 Å². The van der Waals surface area contributed by atoms with E-state index in [-0.39, 0.29) is 0 Å². The largest absolute Gasteiger partial charge is 0.398 e. The Hall–Kier alpha value is -0.980. The second kappa shape index (κ2) is 4.04. The third-order valence-corrected chi connectivity index (χ3v) is 3.29. The van der Waals surface area contributed by atoms with Crippen LogP contribution < -0.4 is 5.73 Å². The first-order valence-corrected chi connectivity index (χ1v) is 5.63. The van der Waals surface area contributed by atoms with Crippen LogP contribution in [-0.2, 0) is 0 Å². The molecule has 0 atom stereocenters. The predicted molar refractivity (Wildman–Crippen MR) is 61.4 cm³/mol. The first-order chi connectivity index (χ1) is 6.77. The highest BCUT2D eigenvalue weighted by Crippen LogP contribution is 2.35. The lowest BCUT2D eigenvalue weighted by Crippen LogP contribution is -2.07. The van der Waals surface area contributed by atoms with Gasteiger partial charge in [0.1, 0.15) is 0 Å². The molecule has 0 amide bonds. The van der Waals surface area contributed by atoms with Crippen molar-refractivity contribution in [1.82, 2.24) is 0 Å². The fourth-order valence-electron chi connectivity index (χ4n) is 2.46. The Bertz CT molecular complexity index is 311. The molecule has 0 heterocycles. The van der Waals surface area contributed by atoms with Gasteiger partial charge in [0.15, 0.2) is 0 Å². The molecule has 1 aliphatic carbocycles. The van der Waals surface area contributed by atoms with Gasteiger partial charge in [-0.15, -0.1) is 0 Å². The summed E-state index contributed by atoms with van der Waals surface area (Å²) in [6, 6.07) is 6.42. The van der Waals surface area contributed by atoms with Crippen LogP contribution in [0.3, 0.4) is 0 Å². The molecule has 14 heavy (non-hydrogen) atoms. The number of nitrogen functional groups attached to an aromatic ring is 1. The van der Waals surface area contributed by atoms with E-state index < -0.39 is 0 Å². The topological polar surface area (TPSA) is 26.0 Å². The second-order valence-corrected chi connectivity index (χ2v) is 4.47. The van der Waals surface area contributed by atoms with Crippen molar-refractivity contribution in [2.24, 2.45) is 0 Å². The summed E-state index contributed by atoms with van der Waals surface area (Å²) in [7, 11) is 0. The molecule has 0 radical (unpaired) electrons. The molecule has 0 saturated heterocycles. The van der Waals surface area contributed by atoms with Gasteiger partial charge in [-0.05, 0) is 37.3 Å². The van der Waals surface area contributed by atoms with Gasteiger partial charge in [0, 0.05) is 5.69 Å². The number of anilines is 1. The Kier molecular flexibility index (Phi) is 2.76. The van der Waals surface area contributed by atoms with E-state index in [1.165, 1.54) is 43.2 Å². The summed E-state index contributed by atoms with van der Waals surface area (Å²) >= 11 is 0. The fourth-order valence-corrected chi connectivity index (χ4v) is 2.46. The van der Waals surface area contributed by atoms with Gasteiger partial charge in [-0.1, -0.05) is 37.0 Å². The van der Waals surface area contributed by atoms with Gasteiger partial charge in [0.2, 0.25) is 0 Å². The predicted octanol–water partition coefficient (Wildman–Crippen LogP) is 3.62. The Morgan fingerprint density at radius 3 is 2.57 bits per heavy atom. The van der Waals surface area contributed by atoms with Crippen LogP contribution in [0.4, 0.5) is 5.69 Å². The van der Waals surface area contributed by atoms with Gasteiger partial charge in [0.25, 0.3) is 0 Å². The minimum Gasteiger partial charge on any atom is -0.398 e. The van der Waals surface area contributed by atoms with Gasteiger partial charge >= 0.3 is 0 Å².